The molecule has 0 aliphatic rings. The summed E-state index contributed by atoms with van der Waals surface area (Å²) in [5.41, 5.74) is 1.60. The van der Waals surface area contributed by atoms with Gasteiger partial charge in [0.1, 0.15) is 17.2 Å². The molecule has 86 valence electrons. The second-order valence-electron chi connectivity index (χ2n) is 3.57. The SMILES string of the molecule is CCc1occc1-c1nnc2cc(Cl)ncn12. The minimum absolute atomic E-state index is 0.402. The van der Waals surface area contributed by atoms with Crippen LogP contribution in [0.4, 0.5) is 0 Å². The lowest BCUT2D eigenvalue weighted by Gasteiger charge is -1.98. The summed E-state index contributed by atoms with van der Waals surface area (Å²) in [5, 5.41) is 8.60. The number of rotatable bonds is 2. The molecule has 6 heteroatoms. The number of fused-ring (bicyclic) bond motifs is 1. The zero-order valence-electron chi connectivity index (χ0n) is 9.09. The van der Waals surface area contributed by atoms with Gasteiger partial charge in [0.15, 0.2) is 11.5 Å². The molecule has 0 saturated carbocycles. The summed E-state index contributed by atoms with van der Waals surface area (Å²) in [6.07, 6.45) is 4.07. The van der Waals surface area contributed by atoms with Gasteiger partial charge in [-0.3, -0.25) is 4.40 Å². The molecule has 0 aromatic carbocycles. The molecule has 3 rings (SSSR count). The van der Waals surface area contributed by atoms with Gasteiger partial charge in [0.25, 0.3) is 0 Å². The molecule has 0 atom stereocenters. The second-order valence-corrected chi connectivity index (χ2v) is 3.96. The van der Waals surface area contributed by atoms with Crippen LogP contribution < -0.4 is 0 Å². The molecule has 0 fully saturated rings. The van der Waals surface area contributed by atoms with Crippen LogP contribution in [0, 0.1) is 0 Å². The van der Waals surface area contributed by atoms with Crippen LogP contribution in [0.15, 0.2) is 29.1 Å². The summed E-state index contributed by atoms with van der Waals surface area (Å²) >= 11 is 5.80. The first kappa shape index (κ1) is 10.3. The van der Waals surface area contributed by atoms with E-state index in [4.69, 9.17) is 16.0 Å². The predicted molar refractivity (Wildman–Crippen MR) is 62.9 cm³/mol. The van der Waals surface area contributed by atoms with Crippen molar-refractivity contribution < 1.29 is 4.42 Å². The van der Waals surface area contributed by atoms with Gasteiger partial charge in [-0.1, -0.05) is 18.5 Å². The number of halogens is 1. The summed E-state index contributed by atoms with van der Waals surface area (Å²) in [6, 6.07) is 3.55. The van der Waals surface area contributed by atoms with Gasteiger partial charge < -0.3 is 4.42 Å². The fraction of sp³-hybridized carbons (Fsp3) is 0.182. The molecule has 3 heterocycles. The first-order chi connectivity index (χ1) is 8.29. The molecule has 0 spiro atoms. The van der Waals surface area contributed by atoms with Crippen LogP contribution in [0.1, 0.15) is 12.7 Å². The van der Waals surface area contributed by atoms with Crippen LogP contribution in [-0.4, -0.2) is 19.6 Å². The third-order valence-electron chi connectivity index (χ3n) is 2.57. The fourth-order valence-corrected chi connectivity index (χ4v) is 1.91. The standard InChI is InChI=1S/C11H9ClN4O/c1-2-8-7(3-4-17-8)11-15-14-10-5-9(12)13-6-16(10)11/h3-6H,2H2,1H3. The smallest absolute Gasteiger partial charge is 0.173 e. The molecule has 0 radical (unpaired) electrons. The Balaban J connectivity index is 2.24. The van der Waals surface area contributed by atoms with Crippen LogP contribution in [0.2, 0.25) is 5.15 Å². The first-order valence-electron chi connectivity index (χ1n) is 5.22. The number of hydrogen-bond acceptors (Lipinski definition) is 4. The van der Waals surface area contributed by atoms with E-state index in [1.54, 1.807) is 23.1 Å². The normalized spacial score (nSPS) is 11.2. The molecule has 0 aliphatic heterocycles. The third kappa shape index (κ3) is 1.59. The van der Waals surface area contributed by atoms with Gasteiger partial charge in [-0.05, 0) is 6.07 Å². The number of aromatic nitrogens is 4. The van der Waals surface area contributed by atoms with E-state index >= 15 is 0 Å². The average molecular weight is 249 g/mol. The Morgan fingerprint density at radius 3 is 3.12 bits per heavy atom. The van der Waals surface area contributed by atoms with E-state index in [1.165, 1.54) is 0 Å². The van der Waals surface area contributed by atoms with E-state index in [1.807, 2.05) is 13.0 Å². The number of furan rings is 1. The van der Waals surface area contributed by atoms with E-state index in [-0.39, 0.29) is 0 Å². The van der Waals surface area contributed by atoms with Crippen molar-refractivity contribution in [2.45, 2.75) is 13.3 Å². The maximum Gasteiger partial charge on any atom is 0.173 e. The second kappa shape index (κ2) is 3.85. The Morgan fingerprint density at radius 1 is 1.41 bits per heavy atom. The highest BCUT2D eigenvalue weighted by molar-refractivity contribution is 6.29. The molecule has 0 bridgehead atoms. The van der Waals surface area contributed by atoms with Gasteiger partial charge in [0.05, 0.1) is 11.8 Å². The van der Waals surface area contributed by atoms with Crippen LogP contribution >= 0.6 is 11.6 Å². The quantitative estimate of drug-likeness (QED) is 0.654. The van der Waals surface area contributed by atoms with Crippen molar-refractivity contribution >= 4 is 17.2 Å². The minimum atomic E-state index is 0.402. The van der Waals surface area contributed by atoms with Crippen LogP contribution in [0.5, 0.6) is 0 Å². The Labute approximate surface area is 102 Å². The number of aryl methyl sites for hydroxylation is 1. The van der Waals surface area contributed by atoms with E-state index in [2.05, 4.69) is 15.2 Å². The monoisotopic (exact) mass is 248 g/mol. The molecular weight excluding hydrogens is 240 g/mol. The van der Waals surface area contributed by atoms with E-state index in [0.29, 0.717) is 10.8 Å². The summed E-state index contributed by atoms with van der Waals surface area (Å²) < 4.78 is 7.17. The number of hydrogen-bond donors (Lipinski definition) is 0. The van der Waals surface area contributed by atoms with Crippen molar-refractivity contribution in [3.63, 3.8) is 0 Å². The summed E-state index contributed by atoms with van der Waals surface area (Å²) in [7, 11) is 0. The lowest BCUT2D eigenvalue weighted by molar-refractivity contribution is 0.517. The lowest BCUT2D eigenvalue weighted by atomic mass is 10.2. The molecule has 3 aromatic heterocycles. The highest BCUT2D eigenvalue weighted by Crippen LogP contribution is 2.24. The zero-order chi connectivity index (χ0) is 11.8. The topological polar surface area (TPSA) is 56.2 Å². The largest absolute Gasteiger partial charge is 0.469 e. The molecular formula is C11H9ClN4O. The first-order valence-corrected chi connectivity index (χ1v) is 5.60. The number of nitrogens with zero attached hydrogens (tertiary/aromatic N) is 4. The maximum absolute atomic E-state index is 5.80. The van der Waals surface area contributed by atoms with Crippen molar-refractivity contribution in [2.24, 2.45) is 0 Å². The highest BCUT2D eigenvalue weighted by atomic mass is 35.5. The van der Waals surface area contributed by atoms with Gasteiger partial charge in [0, 0.05) is 12.5 Å². The fourth-order valence-electron chi connectivity index (χ4n) is 1.77. The van der Waals surface area contributed by atoms with E-state index < -0.39 is 0 Å². The van der Waals surface area contributed by atoms with Crippen molar-refractivity contribution in [3.05, 3.63) is 35.6 Å². The van der Waals surface area contributed by atoms with Gasteiger partial charge in [-0.25, -0.2) is 4.98 Å². The molecule has 5 nitrogen and oxygen atoms in total. The molecule has 0 amide bonds. The van der Waals surface area contributed by atoms with Crippen molar-refractivity contribution in [1.82, 2.24) is 19.6 Å². The molecule has 0 unspecified atom stereocenters. The summed E-state index contributed by atoms with van der Waals surface area (Å²) in [4.78, 5) is 4.02. The highest BCUT2D eigenvalue weighted by Gasteiger charge is 2.14. The Kier molecular flexibility index (Phi) is 2.33. The summed E-state index contributed by atoms with van der Waals surface area (Å²) in [5.74, 6) is 1.60. The van der Waals surface area contributed by atoms with Gasteiger partial charge in [-0.15, -0.1) is 10.2 Å². The van der Waals surface area contributed by atoms with Crippen molar-refractivity contribution in [1.29, 1.82) is 0 Å². The summed E-state index contributed by atoms with van der Waals surface area (Å²) in [6.45, 7) is 2.03. The minimum Gasteiger partial charge on any atom is -0.469 e. The zero-order valence-corrected chi connectivity index (χ0v) is 9.85. The molecule has 3 aromatic rings. The van der Waals surface area contributed by atoms with Gasteiger partial charge >= 0.3 is 0 Å². The maximum atomic E-state index is 5.80. The van der Waals surface area contributed by atoms with Crippen LogP contribution in [0.3, 0.4) is 0 Å². The van der Waals surface area contributed by atoms with Gasteiger partial charge in [-0.2, -0.15) is 0 Å². The third-order valence-corrected chi connectivity index (χ3v) is 2.78. The molecule has 17 heavy (non-hydrogen) atoms. The Hall–Kier alpha value is -1.88. The Morgan fingerprint density at radius 2 is 2.29 bits per heavy atom. The van der Waals surface area contributed by atoms with Crippen molar-refractivity contribution in [2.75, 3.05) is 0 Å². The van der Waals surface area contributed by atoms with Gasteiger partial charge in [0.2, 0.25) is 0 Å². The Bertz CT molecular complexity index is 673. The van der Waals surface area contributed by atoms with Crippen LogP contribution in [-0.2, 0) is 6.42 Å². The molecule has 0 saturated heterocycles. The average Bonchev–Trinajstić information content (AvgIpc) is 2.92. The molecule has 0 aliphatic carbocycles. The predicted octanol–water partition coefficient (Wildman–Crippen LogP) is 2.60. The van der Waals surface area contributed by atoms with E-state index in [9.17, 15) is 0 Å². The molecule has 0 N–H and O–H groups in total. The van der Waals surface area contributed by atoms with Crippen LogP contribution in [0.25, 0.3) is 17.0 Å². The van der Waals surface area contributed by atoms with Crippen molar-refractivity contribution in [3.8, 4) is 11.4 Å². The lowest BCUT2D eigenvalue weighted by Crippen LogP contribution is -1.92. The van der Waals surface area contributed by atoms with E-state index in [0.717, 1.165) is 23.6 Å².